The Balaban J connectivity index is 2.61. The zero-order valence-corrected chi connectivity index (χ0v) is 9.45. The average Bonchev–Trinajstić information content (AvgIpc) is 2.32. The SMILES string of the molecule is COc1nc(-c2ccnc(F)c2)[nH]c(=O)c1Cl. The summed E-state index contributed by atoms with van der Waals surface area (Å²) >= 11 is 5.67. The number of aromatic nitrogens is 3. The van der Waals surface area contributed by atoms with Gasteiger partial charge in [-0.05, 0) is 6.07 Å². The monoisotopic (exact) mass is 255 g/mol. The van der Waals surface area contributed by atoms with Crippen molar-refractivity contribution in [2.75, 3.05) is 7.11 Å². The minimum atomic E-state index is -0.668. The minimum Gasteiger partial charge on any atom is -0.480 e. The van der Waals surface area contributed by atoms with Crippen molar-refractivity contribution < 1.29 is 9.13 Å². The van der Waals surface area contributed by atoms with E-state index in [0.29, 0.717) is 5.56 Å². The number of aromatic amines is 1. The highest BCUT2D eigenvalue weighted by Gasteiger charge is 2.11. The second-order valence-electron chi connectivity index (χ2n) is 3.11. The molecule has 2 heterocycles. The molecule has 1 N–H and O–H groups in total. The highest BCUT2D eigenvalue weighted by molar-refractivity contribution is 6.31. The highest BCUT2D eigenvalue weighted by atomic mass is 35.5. The molecule has 2 aromatic rings. The predicted octanol–water partition coefficient (Wildman–Crippen LogP) is 1.63. The molecule has 0 unspecified atom stereocenters. The van der Waals surface area contributed by atoms with Crippen molar-refractivity contribution in [2.45, 2.75) is 0 Å². The molecule has 0 bridgehead atoms. The van der Waals surface area contributed by atoms with Gasteiger partial charge in [-0.25, -0.2) is 4.98 Å². The maximum atomic E-state index is 12.9. The van der Waals surface area contributed by atoms with Gasteiger partial charge in [-0.1, -0.05) is 11.6 Å². The van der Waals surface area contributed by atoms with Crippen LogP contribution in [0.2, 0.25) is 5.02 Å². The lowest BCUT2D eigenvalue weighted by Crippen LogP contribution is -2.11. The Morgan fingerprint density at radius 1 is 1.53 bits per heavy atom. The van der Waals surface area contributed by atoms with Gasteiger partial charge in [0.15, 0.2) is 5.02 Å². The van der Waals surface area contributed by atoms with Crippen LogP contribution in [0.25, 0.3) is 11.4 Å². The summed E-state index contributed by atoms with van der Waals surface area (Å²) in [5.41, 5.74) is -0.171. The molecule has 0 aromatic carbocycles. The number of hydrogen-bond donors (Lipinski definition) is 1. The number of H-pyrrole nitrogens is 1. The van der Waals surface area contributed by atoms with Crippen LogP contribution >= 0.6 is 11.6 Å². The van der Waals surface area contributed by atoms with E-state index < -0.39 is 11.5 Å². The molecule has 0 aliphatic heterocycles. The molecule has 7 heteroatoms. The van der Waals surface area contributed by atoms with E-state index in [9.17, 15) is 9.18 Å². The van der Waals surface area contributed by atoms with E-state index in [1.165, 1.54) is 19.4 Å². The Kier molecular flexibility index (Phi) is 3.06. The normalized spacial score (nSPS) is 10.3. The second-order valence-corrected chi connectivity index (χ2v) is 3.48. The van der Waals surface area contributed by atoms with Crippen LogP contribution < -0.4 is 10.3 Å². The van der Waals surface area contributed by atoms with Crippen molar-refractivity contribution >= 4 is 11.6 Å². The maximum Gasteiger partial charge on any atom is 0.273 e. The number of ether oxygens (including phenoxy) is 1. The van der Waals surface area contributed by atoms with E-state index in [1.54, 1.807) is 0 Å². The van der Waals surface area contributed by atoms with Crippen LogP contribution in [0.1, 0.15) is 0 Å². The van der Waals surface area contributed by atoms with Crippen LogP contribution in [0, 0.1) is 5.95 Å². The summed E-state index contributed by atoms with van der Waals surface area (Å²) in [7, 11) is 1.34. The third kappa shape index (κ3) is 2.26. The standard InChI is InChI=1S/C10H7ClFN3O2/c1-17-10-7(11)9(16)14-8(15-10)5-2-3-13-6(12)4-5/h2-4H,1H3,(H,14,15,16). The van der Waals surface area contributed by atoms with Crippen molar-refractivity contribution in [1.29, 1.82) is 0 Å². The molecule has 88 valence electrons. The fourth-order valence-corrected chi connectivity index (χ4v) is 1.43. The van der Waals surface area contributed by atoms with Gasteiger partial charge in [-0.2, -0.15) is 9.37 Å². The number of halogens is 2. The van der Waals surface area contributed by atoms with Crippen LogP contribution in [-0.2, 0) is 0 Å². The molecule has 17 heavy (non-hydrogen) atoms. The molecule has 5 nitrogen and oxygen atoms in total. The molecular formula is C10H7ClFN3O2. The first kappa shape index (κ1) is 11.5. The van der Waals surface area contributed by atoms with E-state index in [-0.39, 0.29) is 16.7 Å². The van der Waals surface area contributed by atoms with Crippen LogP contribution in [-0.4, -0.2) is 22.1 Å². The van der Waals surface area contributed by atoms with Gasteiger partial charge in [0.05, 0.1) is 7.11 Å². The third-order valence-corrected chi connectivity index (χ3v) is 2.36. The molecule has 2 rings (SSSR count). The second kappa shape index (κ2) is 4.50. The van der Waals surface area contributed by atoms with E-state index in [4.69, 9.17) is 16.3 Å². The molecule has 0 aliphatic rings. The van der Waals surface area contributed by atoms with E-state index in [1.807, 2.05) is 0 Å². The fraction of sp³-hybridized carbons (Fsp3) is 0.100. The third-order valence-electron chi connectivity index (χ3n) is 2.03. The van der Waals surface area contributed by atoms with E-state index in [0.717, 1.165) is 6.07 Å². The molecule has 0 fully saturated rings. The van der Waals surface area contributed by atoms with E-state index in [2.05, 4.69) is 15.0 Å². The van der Waals surface area contributed by atoms with Gasteiger partial charge in [0.25, 0.3) is 5.56 Å². The van der Waals surface area contributed by atoms with Crippen molar-refractivity contribution in [2.24, 2.45) is 0 Å². The Hall–Kier alpha value is -1.95. The van der Waals surface area contributed by atoms with Gasteiger partial charge in [0, 0.05) is 17.8 Å². The first-order chi connectivity index (χ1) is 8.11. The fourth-order valence-electron chi connectivity index (χ4n) is 1.26. The van der Waals surface area contributed by atoms with Gasteiger partial charge in [-0.15, -0.1) is 0 Å². The van der Waals surface area contributed by atoms with Gasteiger partial charge in [0.2, 0.25) is 11.8 Å². The van der Waals surface area contributed by atoms with Crippen molar-refractivity contribution in [3.05, 3.63) is 39.7 Å². The number of pyridine rings is 1. The highest BCUT2D eigenvalue weighted by Crippen LogP contribution is 2.20. The number of nitrogens with one attached hydrogen (secondary N) is 1. The van der Waals surface area contributed by atoms with Crippen LogP contribution in [0.3, 0.4) is 0 Å². The molecule has 0 spiro atoms. The lowest BCUT2D eigenvalue weighted by molar-refractivity contribution is 0.397. The Morgan fingerprint density at radius 3 is 2.94 bits per heavy atom. The summed E-state index contributed by atoms with van der Waals surface area (Å²) in [6.45, 7) is 0. The number of rotatable bonds is 2. The Bertz CT molecular complexity index is 615. The maximum absolute atomic E-state index is 12.9. The lowest BCUT2D eigenvalue weighted by atomic mass is 10.2. The quantitative estimate of drug-likeness (QED) is 0.829. The van der Waals surface area contributed by atoms with Gasteiger partial charge in [-0.3, -0.25) is 4.79 Å². The lowest BCUT2D eigenvalue weighted by Gasteiger charge is -2.04. The van der Waals surface area contributed by atoms with Crippen LogP contribution in [0.15, 0.2) is 23.1 Å². The molecule has 2 aromatic heterocycles. The van der Waals surface area contributed by atoms with Gasteiger partial charge in [0.1, 0.15) is 5.82 Å². The Morgan fingerprint density at radius 2 is 2.29 bits per heavy atom. The largest absolute Gasteiger partial charge is 0.480 e. The minimum absolute atomic E-state index is 0.0114. The summed E-state index contributed by atoms with van der Waals surface area (Å²) in [6, 6.07) is 2.65. The molecule has 0 radical (unpaired) electrons. The van der Waals surface area contributed by atoms with Crippen LogP contribution in [0.4, 0.5) is 4.39 Å². The van der Waals surface area contributed by atoms with Crippen molar-refractivity contribution in [3.63, 3.8) is 0 Å². The van der Waals surface area contributed by atoms with Crippen LogP contribution in [0.5, 0.6) is 5.88 Å². The molecule has 0 saturated heterocycles. The molecule has 0 aliphatic carbocycles. The van der Waals surface area contributed by atoms with Crippen molar-refractivity contribution in [1.82, 2.24) is 15.0 Å². The summed E-state index contributed by atoms with van der Waals surface area (Å²) in [5, 5.41) is -0.147. The molecule has 0 atom stereocenters. The first-order valence-corrected chi connectivity index (χ1v) is 4.95. The topological polar surface area (TPSA) is 67.9 Å². The number of methoxy groups -OCH3 is 1. The summed E-state index contributed by atoms with van der Waals surface area (Å²) in [4.78, 5) is 21.2. The smallest absolute Gasteiger partial charge is 0.273 e. The zero-order valence-electron chi connectivity index (χ0n) is 8.70. The van der Waals surface area contributed by atoms with Crippen molar-refractivity contribution in [3.8, 4) is 17.3 Å². The van der Waals surface area contributed by atoms with Gasteiger partial charge >= 0.3 is 0 Å². The summed E-state index contributed by atoms with van der Waals surface area (Å²) in [5.74, 6) is -0.515. The average molecular weight is 256 g/mol. The Labute approximate surface area is 100 Å². The first-order valence-electron chi connectivity index (χ1n) is 4.57. The van der Waals surface area contributed by atoms with Gasteiger partial charge < -0.3 is 9.72 Å². The summed E-state index contributed by atoms with van der Waals surface area (Å²) < 4.78 is 17.8. The molecule has 0 amide bonds. The number of nitrogens with zero attached hydrogens (tertiary/aromatic N) is 2. The predicted molar refractivity (Wildman–Crippen MR) is 59.6 cm³/mol. The molecular weight excluding hydrogens is 249 g/mol. The summed E-state index contributed by atoms with van der Waals surface area (Å²) in [6.07, 6.45) is 1.27. The number of hydrogen-bond acceptors (Lipinski definition) is 4. The zero-order chi connectivity index (χ0) is 12.4. The van der Waals surface area contributed by atoms with E-state index >= 15 is 0 Å². The molecule has 0 saturated carbocycles.